The van der Waals surface area contributed by atoms with Crippen molar-refractivity contribution < 1.29 is 4.74 Å². The summed E-state index contributed by atoms with van der Waals surface area (Å²) in [5.74, 6) is 0.551. The van der Waals surface area contributed by atoms with E-state index in [4.69, 9.17) is 10.5 Å². The van der Waals surface area contributed by atoms with Crippen LogP contribution in [0.25, 0.3) is 0 Å². The zero-order valence-electron chi connectivity index (χ0n) is 12.3. The van der Waals surface area contributed by atoms with Crippen LogP contribution >= 0.6 is 0 Å². The Bertz CT molecular complexity index is 505. The second kappa shape index (κ2) is 7.22. The van der Waals surface area contributed by atoms with Gasteiger partial charge in [0.25, 0.3) is 0 Å². The lowest BCUT2D eigenvalue weighted by Crippen LogP contribution is -2.17. The van der Waals surface area contributed by atoms with E-state index in [2.05, 4.69) is 50.2 Å². The average Bonchev–Trinajstić information content (AvgIpc) is 2.48. The van der Waals surface area contributed by atoms with Crippen molar-refractivity contribution in [3.05, 3.63) is 71.3 Å². The van der Waals surface area contributed by atoms with Crippen molar-refractivity contribution in [2.75, 3.05) is 6.61 Å². The van der Waals surface area contributed by atoms with E-state index in [1.807, 2.05) is 18.2 Å². The molecule has 0 aliphatic heterocycles. The van der Waals surface area contributed by atoms with Crippen molar-refractivity contribution in [1.29, 1.82) is 0 Å². The summed E-state index contributed by atoms with van der Waals surface area (Å²) in [5, 5.41) is 0. The first kappa shape index (κ1) is 14.8. The first-order chi connectivity index (χ1) is 9.66. The Morgan fingerprint density at radius 3 is 2.10 bits per heavy atom. The van der Waals surface area contributed by atoms with Gasteiger partial charge >= 0.3 is 0 Å². The summed E-state index contributed by atoms with van der Waals surface area (Å²) in [5.41, 5.74) is 9.80. The van der Waals surface area contributed by atoms with Crippen molar-refractivity contribution in [3.8, 4) is 0 Å². The molecule has 0 aromatic heterocycles. The monoisotopic (exact) mass is 269 g/mol. The lowest BCUT2D eigenvalue weighted by molar-refractivity contribution is 0.108. The summed E-state index contributed by atoms with van der Waals surface area (Å²) < 4.78 is 5.69. The van der Waals surface area contributed by atoms with Gasteiger partial charge < -0.3 is 10.5 Å². The molecule has 0 aliphatic carbocycles. The lowest BCUT2D eigenvalue weighted by atomic mass is 10.00. The molecule has 0 saturated carbocycles. The Morgan fingerprint density at radius 2 is 1.50 bits per heavy atom. The van der Waals surface area contributed by atoms with Gasteiger partial charge in [-0.25, -0.2) is 0 Å². The minimum atomic E-state index is -0.0695. The zero-order valence-corrected chi connectivity index (χ0v) is 12.3. The third kappa shape index (κ3) is 4.19. The molecule has 20 heavy (non-hydrogen) atoms. The van der Waals surface area contributed by atoms with Crippen LogP contribution in [-0.2, 0) is 11.3 Å². The van der Waals surface area contributed by atoms with Crippen LogP contribution in [-0.4, -0.2) is 6.61 Å². The van der Waals surface area contributed by atoms with E-state index in [-0.39, 0.29) is 6.04 Å². The molecule has 0 spiro atoms. The minimum absolute atomic E-state index is 0.0695. The van der Waals surface area contributed by atoms with E-state index in [0.29, 0.717) is 19.1 Å². The van der Waals surface area contributed by atoms with Crippen LogP contribution in [0, 0.1) is 0 Å². The Balaban J connectivity index is 1.84. The molecule has 1 unspecified atom stereocenters. The Morgan fingerprint density at radius 1 is 0.900 bits per heavy atom. The fraction of sp³-hybridized carbons (Fsp3) is 0.333. The normalized spacial score (nSPS) is 12.6. The summed E-state index contributed by atoms with van der Waals surface area (Å²) in [6.45, 7) is 5.53. The Hall–Kier alpha value is -1.64. The van der Waals surface area contributed by atoms with Gasteiger partial charge in [0.15, 0.2) is 0 Å². The SMILES string of the molecule is CC(C)c1ccc(C(N)COCc2ccccc2)cc1. The van der Waals surface area contributed by atoms with Gasteiger partial charge in [0, 0.05) is 0 Å². The van der Waals surface area contributed by atoms with Crippen molar-refractivity contribution >= 4 is 0 Å². The molecule has 2 N–H and O–H groups in total. The van der Waals surface area contributed by atoms with Gasteiger partial charge in [0.2, 0.25) is 0 Å². The summed E-state index contributed by atoms with van der Waals surface area (Å²) in [6, 6.07) is 18.6. The molecule has 0 fully saturated rings. The maximum absolute atomic E-state index is 6.16. The van der Waals surface area contributed by atoms with E-state index in [1.165, 1.54) is 11.1 Å². The molecule has 106 valence electrons. The van der Waals surface area contributed by atoms with E-state index in [1.54, 1.807) is 0 Å². The average molecular weight is 269 g/mol. The van der Waals surface area contributed by atoms with Gasteiger partial charge in [0.05, 0.1) is 19.3 Å². The van der Waals surface area contributed by atoms with Crippen LogP contribution < -0.4 is 5.73 Å². The molecule has 2 nitrogen and oxygen atoms in total. The fourth-order valence-corrected chi connectivity index (χ4v) is 2.10. The number of rotatable bonds is 6. The molecule has 2 aromatic rings. The number of hydrogen-bond acceptors (Lipinski definition) is 2. The van der Waals surface area contributed by atoms with Crippen molar-refractivity contribution in [3.63, 3.8) is 0 Å². The van der Waals surface area contributed by atoms with Crippen LogP contribution in [0.3, 0.4) is 0 Å². The van der Waals surface area contributed by atoms with Gasteiger partial charge in [0.1, 0.15) is 0 Å². The van der Waals surface area contributed by atoms with Crippen LogP contribution in [0.2, 0.25) is 0 Å². The van der Waals surface area contributed by atoms with Crippen LogP contribution in [0.15, 0.2) is 54.6 Å². The highest BCUT2D eigenvalue weighted by Crippen LogP contribution is 2.18. The molecular formula is C18H23NO. The first-order valence-corrected chi connectivity index (χ1v) is 7.14. The predicted molar refractivity (Wildman–Crippen MR) is 83.6 cm³/mol. The Kier molecular flexibility index (Phi) is 5.33. The molecule has 0 radical (unpaired) electrons. The summed E-state index contributed by atoms with van der Waals surface area (Å²) in [4.78, 5) is 0. The first-order valence-electron chi connectivity index (χ1n) is 7.14. The standard InChI is InChI=1S/C18H23NO/c1-14(2)16-8-10-17(11-9-16)18(19)13-20-12-15-6-4-3-5-7-15/h3-11,14,18H,12-13,19H2,1-2H3. The van der Waals surface area contributed by atoms with Crippen LogP contribution in [0.5, 0.6) is 0 Å². The molecule has 0 heterocycles. The quantitative estimate of drug-likeness (QED) is 0.859. The van der Waals surface area contributed by atoms with Gasteiger partial charge in [-0.1, -0.05) is 68.4 Å². The Labute approximate surface area is 121 Å². The summed E-state index contributed by atoms with van der Waals surface area (Å²) in [6.07, 6.45) is 0. The van der Waals surface area contributed by atoms with Crippen molar-refractivity contribution in [1.82, 2.24) is 0 Å². The molecule has 2 aromatic carbocycles. The minimum Gasteiger partial charge on any atom is -0.375 e. The molecule has 0 amide bonds. The molecule has 2 heteroatoms. The number of nitrogens with two attached hydrogens (primary N) is 1. The van der Waals surface area contributed by atoms with Crippen molar-refractivity contribution in [2.45, 2.75) is 32.4 Å². The number of benzene rings is 2. The number of hydrogen-bond donors (Lipinski definition) is 1. The lowest BCUT2D eigenvalue weighted by Gasteiger charge is -2.14. The van der Waals surface area contributed by atoms with E-state index in [9.17, 15) is 0 Å². The topological polar surface area (TPSA) is 35.2 Å². The molecule has 0 saturated heterocycles. The molecule has 0 bridgehead atoms. The van der Waals surface area contributed by atoms with E-state index in [0.717, 1.165) is 5.56 Å². The largest absolute Gasteiger partial charge is 0.375 e. The third-order valence-electron chi connectivity index (χ3n) is 3.44. The maximum Gasteiger partial charge on any atom is 0.0717 e. The second-order valence-electron chi connectivity index (χ2n) is 5.43. The summed E-state index contributed by atoms with van der Waals surface area (Å²) >= 11 is 0. The molecule has 2 rings (SSSR count). The predicted octanol–water partition coefficient (Wildman–Crippen LogP) is 4.03. The molecule has 0 aliphatic rings. The van der Waals surface area contributed by atoms with Crippen LogP contribution in [0.1, 0.15) is 42.5 Å². The molecular weight excluding hydrogens is 246 g/mol. The zero-order chi connectivity index (χ0) is 14.4. The van der Waals surface area contributed by atoms with E-state index < -0.39 is 0 Å². The van der Waals surface area contributed by atoms with Gasteiger partial charge in [-0.05, 0) is 22.6 Å². The van der Waals surface area contributed by atoms with Gasteiger partial charge in [-0.2, -0.15) is 0 Å². The summed E-state index contributed by atoms with van der Waals surface area (Å²) in [7, 11) is 0. The van der Waals surface area contributed by atoms with Crippen LogP contribution in [0.4, 0.5) is 0 Å². The van der Waals surface area contributed by atoms with Crippen molar-refractivity contribution in [2.24, 2.45) is 5.73 Å². The van der Waals surface area contributed by atoms with Gasteiger partial charge in [-0.3, -0.25) is 0 Å². The highest BCUT2D eigenvalue weighted by molar-refractivity contribution is 5.26. The maximum atomic E-state index is 6.16. The van der Waals surface area contributed by atoms with E-state index >= 15 is 0 Å². The van der Waals surface area contributed by atoms with Gasteiger partial charge in [-0.15, -0.1) is 0 Å². The smallest absolute Gasteiger partial charge is 0.0717 e. The second-order valence-corrected chi connectivity index (χ2v) is 5.43. The fourth-order valence-electron chi connectivity index (χ4n) is 2.10. The highest BCUT2D eigenvalue weighted by atomic mass is 16.5. The highest BCUT2D eigenvalue weighted by Gasteiger charge is 2.07. The molecule has 1 atom stereocenters. The third-order valence-corrected chi connectivity index (χ3v) is 3.44. The number of ether oxygens (including phenoxy) is 1.